The van der Waals surface area contributed by atoms with Crippen molar-refractivity contribution in [2.24, 2.45) is 0 Å². The first-order valence-corrected chi connectivity index (χ1v) is 8.80. The van der Waals surface area contributed by atoms with E-state index in [0.29, 0.717) is 11.4 Å². The third-order valence-corrected chi connectivity index (χ3v) is 5.05. The van der Waals surface area contributed by atoms with Crippen molar-refractivity contribution in [2.75, 3.05) is 11.1 Å². The monoisotopic (exact) mass is 342 g/mol. The van der Waals surface area contributed by atoms with E-state index < -0.39 is 0 Å². The number of amides is 1. The number of anilines is 1. The van der Waals surface area contributed by atoms with Crippen LogP contribution >= 0.6 is 23.1 Å². The summed E-state index contributed by atoms with van der Waals surface area (Å²) in [7, 11) is 0. The van der Waals surface area contributed by atoms with E-state index in [2.05, 4.69) is 10.3 Å². The van der Waals surface area contributed by atoms with Crippen LogP contribution in [0.15, 0.2) is 64.3 Å². The molecule has 0 saturated carbocycles. The highest BCUT2D eigenvalue weighted by Gasteiger charge is 2.08. The topological polar surface area (TPSA) is 62.2 Å². The Hall–Kier alpha value is -2.31. The van der Waals surface area contributed by atoms with E-state index in [4.69, 9.17) is 0 Å². The normalized spacial score (nSPS) is 10.4. The van der Waals surface area contributed by atoms with Crippen molar-refractivity contribution in [3.05, 3.63) is 60.0 Å². The van der Waals surface area contributed by atoms with E-state index in [9.17, 15) is 9.90 Å². The van der Waals surface area contributed by atoms with Crippen LogP contribution in [0.4, 0.5) is 5.69 Å². The average molecular weight is 342 g/mol. The Labute approximate surface area is 142 Å². The number of phenols is 1. The number of thiazole rings is 1. The maximum atomic E-state index is 11.9. The smallest absolute Gasteiger partial charge is 0.234 e. The summed E-state index contributed by atoms with van der Waals surface area (Å²) in [6, 6.07) is 16.4. The number of nitrogens with zero attached hydrogens (tertiary/aromatic N) is 1. The molecule has 116 valence electrons. The number of hydrogen-bond acceptors (Lipinski definition) is 5. The molecule has 2 N–H and O–H groups in total. The molecular formula is C17H14N2O2S2. The molecule has 0 fully saturated rings. The lowest BCUT2D eigenvalue weighted by atomic mass is 10.2. The lowest BCUT2D eigenvalue weighted by Crippen LogP contribution is -2.13. The molecule has 0 aliphatic rings. The summed E-state index contributed by atoms with van der Waals surface area (Å²) >= 11 is 2.95. The quantitative estimate of drug-likeness (QED) is 0.537. The van der Waals surface area contributed by atoms with Crippen LogP contribution in [0, 0.1) is 0 Å². The van der Waals surface area contributed by atoms with Gasteiger partial charge in [0.05, 0.1) is 11.4 Å². The second kappa shape index (κ2) is 7.30. The zero-order chi connectivity index (χ0) is 16.1. The molecule has 0 aliphatic heterocycles. The second-order valence-corrected chi connectivity index (χ2v) is 6.83. The fraction of sp³-hybridized carbons (Fsp3) is 0.0588. The van der Waals surface area contributed by atoms with Gasteiger partial charge in [0.25, 0.3) is 0 Å². The first-order chi connectivity index (χ1) is 11.2. The number of aromatic nitrogens is 1. The third kappa shape index (κ3) is 4.34. The van der Waals surface area contributed by atoms with Gasteiger partial charge in [0.1, 0.15) is 5.75 Å². The van der Waals surface area contributed by atoms with Crippen LogP contribution in [0.25, 0.3) is 11.3 Å². The van der Waals surface area contributed by atoms with Crippen molar-refractivity contribution in [3.63, 3.8) is 0 Å². The number of phenolic OH excluding ortho intramolecular Hbond substituents is 1. The van der Waals surface area contributed by atoms with Crippen LogP contribution in [0.1, 0.15) is 0 Å². The Balaban J connectivity index is 1.55. The number of carbonyl (C=O) groups is 1. The fourth-order valence-corrected chi connectivity index (χ4v) is 3.57. The highest BCUT2D eigenvalue weighted by molar-refractivity contribution is 8.01. The molecule has 6 heteroatoms. The van der Waals surface area contributed by atoms with Gasteiger partial charge in [-0.1, -0.05) is 42.1 Å². The largest absolute Gasteiger partial charge is 0.508 e. The highest BCUT2D eigenvalue weighted by Crippen LogP contribution is 2.28. The van der Waals surface area contributed by atoms with Gasteiger partial charge in [-0.15, -0.1) is 11.3 Å². The standard InChI is InChI=1S/C17H14N2O2S2/c20-14-8-6-13(7-9-14)18-16(21)11-23-17-19-15(10-22-17)12-4-2-1-3-5-12/h1-10,20H,11H2,(H,18,21). The van der Waals surface area contributed by atoms with Gasteiger partial charge in [-0.3, -0.25) is 4.79 Å². The Morgan fingerprint density at radius 2 is 1.87 bits per heavy atom. The van der Waals surface area contributed by atoms with Crippen LogP contribution in [0.2, 0.25) is 0 Å². The van der Waals surface area contributed by atoms with Crippen LogP contribution in [-0.2, 0) is 4.79 Å². The fourth-order valence-electron chi connectivity index (χ4n) is 1.93. The highest BCUT2D eigenvalue weighted by atomic mass is 32.2. The van der Waals surface area contributed by atoms with Gasteiger partial charge in [0, 0.05) is 16.6 Å². The molecule has 0 radical (unpaired) electrons. The van der Waals surface area contributed by atoms with Crippen LogP contribution in [0.5, 0.6) is 5.75 Å². The molecule has 0 bridgehead atoms. The number of benzene rings is 2. The minimum atomic E-state index is -0.0999. The summed E-state index contributed by atoms with van der Waals surface area (Å²) < 4.78 is 0.865. The maximum Gasteiger partial charge on any atom is 0.234 e. The number of nitrogens with one attached hydrogen (secondary N) is 1. The number of hydrogen-bond donors (Lipinski definition) is 2. The Kier molecular flexibility index (Phi) is 4.95. The number of aromatic hydroxyl groups is 1. The molecule has 0 spiro atoms. The summed E-state index contributed by atoms with van der Waals surface area (Å²) in [4.78, 5) is 16.5. The van der Waals surface area contributed by atoms with Gasteiger partial charge >= 0.3 is 0 Å². The summed E-state index contributed by atoms with van der Waals surface area (Å²) in [5.41, 5.74) is 2.67. The molecule has 3 aromatic rings. The van der Waals surface area contributed by atoms with Gasteiger partial charge in [0.15, 0.2) is 4.34 Å². The van der Waals surface area contributed by atoms with Gasteiger partial charge in [-0.05, 0) is 24.3 Å². The van der Waals surface area contributed by atoms with Crippen molar-refractivity contribution in [3.8, 4) is 17.0 Å². The third-order valence-electron chi connectivity index (χ3n) is 3.03. The lowest BCUT2D eigenvalue weighted by molar-refractivity contribution is -0.113. The predicted molar refractivity (Wildman–Crippen MR) is 95.0 cm³/mol. The van der Waals surface area contributed by atoms with Gasteiger partial charge in [-0.2, -0.15) is 0 Å². The van der Waals surface area contributed by atoms with Gasteiger partial charge < -0.3 is 10.4 Å². The Morgan fingerprint density at radius 3 is 2.61 bits per heavy atom. The minimum absolute atomic E-state index is 0.0999. The number of carbonyl (C=O) groups excluding carboxylic acids is 1. The van der Waals surface area contributed by atoms with Crippen molar-refractivity contribution in [1.82, 2.24) is 4.98 Å². The van der Waals surface area contributed by atoms with Crippen LogP contribution in [-0.4, -0.2) is 21.8 Å². The predicted octanol–water partition coefficient (Wildman–Crippen LogP) is 4.25. The van der Waals surface area contributed by atoms with Gasteiger partial charge in [0.2, 0.25) is 5.91 Å². The average Bonchev–Trinajstić information content (AvgIpc) is 3.05. The Bertz CT molecular complexity index is 786. The molecular weight excluding hydrogens is 328 g/mol. The van der Waals surface area contributed by atoms with Crippen molar-refractivity contribution >= 4 is 34.7 Å². The zero-order valence-corrected chi connectivity index (χ0v) is 13.7. The molecule has 0 unspecified atom stereocenters. The van der Waals surface area contributed by atoms with E-state index in [1.165, 1.54) is 35.2 Å². The van der Waals surface area contributed by atoms with Crippen LogP contribution in [0.3, 0.4) is 0 Å². The molecule has 2 aromatic carbocycles. The molecule has 1 aromatic heterocycles. The summed E-state index contributed by atoms with van der Waals surface area (Å²) in [6.45, 7) is 0. The maximum absolute atomic E-state index is 11.9. The minimum Gasteiger partial charge on any atom is -0.508 e. The Morgan fingerprint density at radius 1 is 1.13 bits per heavy atom. The van der Waals surface area contributed by atoms with Gasteiger partial charge in [-0.25, -0.2) is 4.98 Å². The molecule has 23 heavy (non-hydrogen) atoms. The van der Waals surface area contributed by atoms with E-state index in [0.717, 1.165) is 15.6 Å². The molecule has 0 saturated heterocycles. The first kappa shape index (κ1) is 15.6. The molecule has 1 heterocycles. The molecule has 1 amide bonds. The van der Waals surface area contributed by atoms with Crippen molar-refractivity contribution < 1.29 is 9.90 Å². The summed E-state index contributed by atoms with van der Waals surface area (Å²) in [5, 5.41) is 14.0. The molecule has 4 nitrogen and oxygen atoms in total. The van der Waals surface area contributed by atoms with E-state index >= 15 is 0 Å². The van der Waals surface area contributed by atoms with E-state index in [1.807, 2.05) is 35.7 Å². The van der Waals surface area contributed by atoms with Crippen molar-refractivity contribution in [1.29, 1.82) is 0 Å². The van der Waals surface area contributed by atoms with E-state index in [-0.39, 0.29) is 11.7 Å². The lowest BCUT2D eigenvalue weighted by Gasteiger charge is -2.04. The number of rotatable bonds is 5. The SMILES string of the molecule is O=C(CSc1nc(-c2ccccc2)cs1)Nc1ccc(O)cc1. The summed E-state index contributed by atoms with van der Waals surface area (Å²) in [6.07, 6.45) is 0. The molecule has 0 atom stereocenters. The first-order valence-electron chi connectivity index (χ1n) is 6.93. The molecule has 0 aliphatic carbocycles. The second-order valence-electron chi connectivity index (χ2n) is 4.75. The molecule has 3 rings (SSSR count). The zero-order valence-electron chi connectivity index (χ0n) is 12.1. The number of thioether (sulfide) groups is 1. The summed E-state index contributed by atoms with van der Waals surface area (Å²) in [5.74, 6) is 0.369. The van der Waals surface area contributed by atoms with E-state index in [1.54, 1.807) is 12.1 Å². The van der Waals surface area contributed by atoms with Crippen LogP contribution < -0.4 is 5.32 Å². The van der Waals surface area contributed by atoms with Crippen molar-refractivity contribution in [2.45, 2.75) is 4.34 Å².